The van der Waals surface area contributed by atoms with Crippen LogP contribution in [0.3, 0.4) is 0 Å². The molecule has 24 heavy (non-hydrogen) atoms. The Bertz CT molecular complexity index is 796. The van der Waals surface area contributed by atoms with Crippen LogP contribution in [-0.2, 0) is 12.7 Å². The minimum Gasteiger partial charge on any atom is -0.329 e. The van der Waals surface area contributed by atoms with Crippen LogP contribution in [0.1, 0.15) is 17.1 Å². The predicted molar refractivity (Wildman–Crippen MR) is 89.1 cm³/mol. The zero-order chi connectivity index (χ0) is 15.7. The van der Waals surface area contributed by atoms with Gasteiger partial charge in [0.1, 0.15) is 5.82 Å². The number of benzene rings is 1. The fourth-order valence-corrected chi connectivity index (χ4v) is 2.17. The molecule has 1 aromatic carbocycles. The Morgan fingerprint density at radius 2 is 1.88 bits per heavy atom. The van der Waals surface area contributed by atoms with Gasteiger partial charge in [-0.3, -0.25) is 0 Å². The SMILES string of the molecule is Cc1nccn1Cc1cn(-c2cccc(C(F)(F)F)c2)cn1.Cl.Cl. The third kappa shape index (κ3) is 4.30. The molecule has 4 nitrogen and oxygen atoms in total. The van der Waals surface area contributed by atoms with E-state index in [0.717, 1.165) is 23.7 Å². The van der Waals surface area contributed by atoms with Crippen LogP contribution in [0.4, 0.5) is 13.2 Å². The third-order valence-electron chi connectivity index (χ3n) is 3.36. The number of hydrogen-bond donors (Lipinski definition) is 0. The highest BCUT2D eigenvalue weighted by atomic mass is 35.5. The standard InChI is InChI=1S/C15H13F3N4.2ClH/c1-11-19-5-6-21(11)8-13-9-22(10-20-13)14-4-2-3-12(7-14)15(16,17)18;;/h2-7,9-10H,8H2,1H3;2*1H. The molecule has 9 heteroatoms. The lowest BCUT2D eigenvalue weighted by atomic mass is 10.2. The van der Waals surface area contributed by atoms with Crippen LogP contribution in [0.15, 0.2) is 49.2 Å². The summed E-state index contributed by atoms with van der Waals surface area (Å²) in [7, 11) is 0. The van der Waals surface area contributed by atoms with Gasteiger partial charge in [0, 0.05) is 24.3 Å². The van der Waals surface area contributed by atoms with Crippen LogP contribution < -0.4 is 0 Å². The molecular formula is C15H15Cl2F3N4. The van der Waals surface area contributed by atoms with E-state index in [0.29, 0.717) is 12.2 Å². The number of nitrogens with zero attached hydrogens (tertiary/aromatic N) is 4. The van der Waals surface area contributed by atoms with Crippen molar-refractivity contribution in [2.45, 2.75) is 19.6 Å². The van der Waals surface area contributed by atoms with Crippen molar-refractivity contribution >= 4 is 24.8 Å². The van der Waals surface area contributed by atoms with E-state index in [4.69, 9.17) is 0 Å². The molecule has 0 spiro atoms. The van der Waals surface area contributed by atoms with Gasteiger partial charge in [-0.25, -0.2) is 9.97 Å². The van der Waals surface area contributed by atoms with Crippen LogP contribution in [0.5, 0.6) is 0 Å². The highest BCUT2D eigenvalue weighted by molar-refractivity contribution is 5.85. The number of halogens is 5. The average Bonchev–Trinajstić information content (AvgIpc) is 3.09. The maximum Gasteiger partial charge on any atom is 0.416 e. The smallest absolute Gasteiger partial charge is 0.329 e. The van der Waals surface area contributed by atoms with Crippen molar-refractivity contribution in [1.29, 1.82) is 0 Å². The number of alkyl halides is 3. The second-order valence-corrected chi connectivity index (χ2v) is 4.92. The zero-order valence-electron chi connectivity index (χ0n) is 12.6. The van der Waals surface area contributed by atoms with E-state index in [-0.39, 0.29) is 24.8 Å². The fourth-order valence-electron chi connectivity index (χ4n) is 2.17. The molecule has 3 rings (SSSR count). The van der Waals surface area contributed by atoms with E-state index < -0.39 is 11.7 Å². The van der Waals surface area contributed by atoms with Gasteiger partial charge in [0.2, 0.25) is 0 Å². The van der Waals surface area contributed by atoms with Crippen LogP contribution in [-0.4, -0.2) is 19.1 Å². The van der Waals surface area contributed by atoms with Gasteiger partial charge in [0.15, 0.2) is 0 Å². The van der Waals surface area contributed by atoms with Gasteiger partial charge in [0.05, 0.1) is 24.1 Å². The molecule has 0 aliphatic rings. The van der Waals surface area contributed by atoms with E-state index >= 15 is 0 Å². The molecule has 2 heterocycles. The van der Waals surface area contributed by atoms with Crippen molar-refractivity contribution in [1.82, 2.24) is 19.1 Å². The molecule has 0 bridgehead atoms. The van der Waals surface area contributed by atoms with Gasteiger partial charge in [-0.05, 0) is 25.1 Å². The highest BCUT2D eigenvalue weighted by Crippen LogP contribution is 2.30. The second kappa shape index (κ2) is 7.72. The van der Waals surface area contributed by atoms with Gasteiger partial charge in [-0.2, -0.15) is 13.2 Å². The monoisotopic (exact) mass is 378 g/mol. The molecule has 0 aliphatic heterocycles. The molecule has 0 unspecified atom stereocenters. The minimum atomic E-state index is -4.35. The largest absolute Gasteiger partial charge is 0.416 e. The molecule has 0 fully saturated rings. The maximum absolute atomic E-state index is 12.8. The lowest BCUT2D eigenvalue weighted by molar-refractivity contribution is -0.137. The predicted octanol–water partition coefficient (Wildman–Crippen LogP) is 4.29. The molecule has 0 saturated heterocycles. The maximum atomic E-state index is 12.8. The van der Waals surface area contributed by atoms with Crippen molar-refractivity contribution in [2.24, 2.45) is 0 Å². The summed E-state index contributed by atoms with van der Waals surface area (Å²) in [6.07, 6.45) is 2.40. The average molecular weight is 379 g/mol. The van der Waals surface area contributed by atoms with E-state index in [1.165, 1.54) is 12.4 Å². The molecule has 0 amide bonds. The van der Waals surface area contributed by atoms with Crippen molar-refractivity contribution in [3.05, 3.63) is 66.3 Å². The Hall–Kier alpha value is -1.99. The topological polar surface area (TPSA) is 35.6 Å². The number of imidazole rings is 2. The molecule has 0 N–H and O–H groups in total. The minimum absolute atomic E-state index is 0. The van der Waals surface area contributed by atoms with E-state index in [1.807, 2.05) is 17.7 Å². The summed E-state index contributed by atoms with van der Waals surface area (Å²) in [4.78, 5) is 8.35. The van der Waals surface area contributed by atoms with E-state index in [9.17, 15) is 13.2 Å². The molecule has 0 radical (unpaired) electrons. The van der Waals surface area contributed by atoms with Crippen molar-refractivity contribution in [3.8, 4) is 5.69 Å². The second-order valence-electron chi connectivity index (χ2n) is 4.92. The molecular weight excluding hydrogens is 364 g/mol. The van der Waals surface area contributed by atoms with Crippen molar-refractivity contribution in [2.75, 3.05) is 0 Å². The van der Waals surface area contributed by atoms with Gasteiger partial charge >= 0.3 is 6.18 Å². The van der Waals surface area contributed by atoms with Gasteiger partial charge in [0.25, 0.3) is 0 Å². The normalized spacial score (nSPS) is 10.8. The number of rotatable bonds is 3. The Morgan fingerprint density at radius 3 is 2.50 bits per heavy atom. The first kappa shape index (κ1) is 20.1. The van der Waals surface area contributed by atoms with Crippen molar-refractivity contribution < 1.29 is 13.2 Å². The summed E-state index contributed by atoms with van der Waals surface area (Å²) in [5.74, 6) is 0.855. The quantitative estimate of drug-likeness (QED) is 0.681. The summed E-state index contributed by atoms with van der Waals surface area (Å²) in [5, 5.41) is 0. The van der Waals surface area contributed by atoms with E-state index in [1.54, 1.807) is 23.0 Å². The molecule has 0 atom stereocenters. The van der Waals surface area contributed by atoms with Crippen LogP contribution >= 0.6 is 24.8 Å². The van der Waals surface area contributed by atoms with Crippen molar-refractivity contribution in [3.63, 3.8) is 0 Å². The number of aryl methyl sites for hydroxylation is 1. The van der Waals surface area contributed by atoms with Gasteiger partial charge in [-0.1, -0.05) is 6.07 Å². The Balaban J connectivity index is 0.00000144. The third-order valence-corrected chi connectivity index (χ3v) is 3.36. The zero-order valence-corrected chi connectivity index (χ0v) is 14.2. The van der Waals surface area contributed by atoms with Crippen LogP contribution in [0, 0.1) is 6.92 Å². The molecule has 3 aromatic rings. The molecule has 130 valence electrons. The molecule has 0 saturated carbocycles. The highest BCUT2D eigenvalue weighted by Gasteiger charge is 2.30. The first-order valence-electron chi connectivity index (χ1n) is 6.62. The molecule has 2 aromatic heterocycles. The first-order valence-corrected chi connectivity index (χ1v) is 6.62. The van der Waals surface area contributed by atoms with Crippen LogP contribution in [0.2, 0.25) is 0 Å². The Morgan fingerprint density at radius 1 is 1.12 bits per heavy atom. The van der Waals surface area contributed by atoms with Gasteiger partial charge < -0.3 is 9.13 Å². The first-order chi connectivity index (χ1) is 10.4. The summed E-state index contributed by atoms with van der Waals surface area (Å²) < 4.78 is 41.7. The van der Waals surface area contributed by atoms with Gasteiger partial charge in [-0.15, -0.1) is 24.8 Å². The summed E-state index contributed by atoms with van der Waals surface area (Å²) in [6, 6.07) is 5.16. The summed E-state index contributed by atoms with van der Waals surface area (Å²) >= 11 is 0. The lowest BCUT2D eigenvalue weighted by Gasteiger charge is -2.08. The van der Waals surface area contributed by atoms with E-state index in [2.05, 4.69) is 9.97 Å². The summed E-state index contributed by atoms with van der Waals surface area (Å²) in [6.45, 7) is 2.40. The lowest BCUT2D eigenvalue weighted by Crippen LogP contribution is -2.05. The Labute approximate surface area is 149 Å². The van der Waals surface area contributed by atoms with Crippen LogP contribution in [0.25, 0.3) is 5.69 Å². The number of aromatic nitrogens is 4. The number of hydrogen-bond acceptors (Lipinski definition) is 2. The Kier molecular flexibility index (Phi) is 6.45. The summed E-state index contributed by atoms with van der Waals surface area (Å²) in [5.41, 5.74) is 0.500. The molecule has 0 aliphatic carbocycles. The fraction of sp³-hybridized carbons (Fsp3) is 0.200.